The number of aryl methyl sites for hydroxylation is 1. The van der Waals surface area contributed by atoms with Gasteiger partial charge in [-0.15, -0.1) is 10.2 Å². The molecule has 0 bridgehead atoms. The Morgan fingerprint density at radius 1 is 1.15 bits per heavy atom. The average molecular weight is 271 g/mol. The van der Waals surface area contributed by atoms with Crippen LogP contribution in [-0.4, -0.2) is 16.2 Å². The molecule has 4 heteroatoms. The third kappa shape index (κ3) is 2.69. The van der Waals surface area contributed by atoms with E-state index in [9.17, 15) is 0 Å². The van der Waals surface area contributed by atoms with Crippen LogP contribution in [0.2, 0.25) is 0 Å². The van der Waals surface area contributed by atoms with E-state index in [-0.39, 0.29) is 0 Å². The van der Waals surface area contributed by atoms with E-state index in [0.29, 0.717) is 23.7 Å². The minimum absolute atomic E-state index is 0.536. The quantitative estimate of drug-likeness (QED) is 0.915. The summed E-state index contributed by atoms with van der Waals surface area (Å²) in [6, 6.07) is 8.71. The Bertz CT molecular complexity index is 579. The second-order valence-corrected chi connectivity index (χ2v) is 5.68. The summed E-state index contributed by atoms with van der Waals surface area (Å²) in [5.74, 6) is 1.90. The van der Waals surface area contributed by atoms with Crippen molar-refractivity contribution in [2.75, 3.05) is 5.32 Å². The van der Waals surface area contributed by atoms with Crippen LogP contribution in [0.15, 0.2) is 28.7 Å². The lowest BCUT2D eigenvalue weighted by Gasteiger charge is -2.30. The Labute approximate surface area is 119 Å². The zero-order chi connectivity index (χ0) is 13.9. The third-order valence-electron chi connectivity index (χ3n) is 4.14. The predicted molar refractivity (Wildman–Crippen MR) is 79.5 cm³/mol. The van der Waals surface area contributed by atoms with Crippen molar-refractivity contribution in [2.45, 2.75) is 45.6 Å². The summed E-state index contributed by atoms with van der Waals surface area (Å²) in [4.78, 5) is 0. The monoisotopic (exact) mass is 271 g/mol. The lowest BCUT2D eigenvalue weighted by Crippen LogP contribution is -2.30. The normalized spacial score (nSPS) is 22.7. The molecule has 2 atom stereocenters. The molecule has 106 valence electrons. The summed E-state index contributed by atoms with van der Waals surface area (Å²) < 4.78 is 5.56. The SMILES string of the molecule is Cc1nnc(-c2ccccc2NC2CCCCC2C)o1. The van der Waals surface area contributed by atoms with Gasteiger partial charge >= 0.3 is 0 Å². The molecular weight excluding hydrogens is 250 g/mol. The van der Waals surface area contributed by atoms with Crippen molar-refractivity contribution < 1.29 is 4.42 Å². The van der Waals surface area contributed by atoms with E-state index in [1.807, 2.05) is 25.1 Å². The van der Waals surface area contributed by atoms with Crippen molar-refractivity contribution in [3.05, 3.63) is 30.2 Å². The molecule has 1 aliphatic carbocycles. The van der Waals surface area contributed by atoms with Crippen LogP contribution in [0.4, 0.5) is 5.69 Å². The molecule has 0 saturated heterocycles. The summed E-state index contributed by atoms with van der Waals surface area (Å²) in [6.45, 7) is 4.14. The zero-order valence-corrected chi connectivity index (χ0v) is 12.1. The molecule has 1 fully saturated rings. The maximum Gasteiger partial charge on any atom is 0.249 e. The fraction of sp³-hybridized carbons (Fsp3) is 0.500. The van der Waals surface area contributed by atoms with Gasteiger partial charge in [-0.25, -0.2) is 0 Å². The van der Waals surface area contributed by atoms with Crippen LogP contribution in [0.25, 0.3) is 11.5 Å². The largest absolute Gasteiger partial charge is 0.421 e. The van der Waals surface area contributed by atoms with E-state index in [2.05, 4.69) is 28.5 Å². The van der Waals surface area contributed by atoms with Crippen molar-refractivity contribution in [1.82, 2.24) is 10.2 Å². The predicted octanol–water partition coefficient (Wildman–Crippen LogP) is 4.04. The van der Waals surface area contributed by atoms with Gasteiger partial charge in [0.05, 0.1) is 5.56 Å². The molecule has 0 radical (unpaired) electrons. The van der Waals surface area contributed by atoms with Gasteiger partial charge in [0.1, 0.15) is 0 Å². The van der Waals surface area contributed by atoms with Gasteiger partial charge in [-0.05, 0) is 30.9 Å². The second-order valence-electron chi connectivity index (χ2n) is 5.68. The Balaban J connectivity index is 1.86. The molecule has 1 aromatic carbocycles. The topological polar surface area (TPSA) is 51.0 Å². The van der Waals surface area contributed by atoms with E-state index in [4.69, 9.17) is 4.42 Å². The molecule has 0 spiro atoms. The Hall–Kier alpha value is -1.84. The van der Waals surface area contributed by atoms with E-state index >= 15 is 0 Å². The van der Waals surface area contributed by atoms with Crippen molar-refractivity contribution >= 4 is 5.69 Å². The van der Waals surface area contributed by atoms with Crippen LogP contribution in [0, 0.1) is 12.8 Å². The molecule has 4 nitrogen and oxygen atoms in total. The summed E-state index contributed by atoms with van der Waals surface area (Å²) in [5.41, 5.74) is 2.08. The van der Waals surface area contributed by atoms with Crippen LogP contribution in [0.3, 0.4) is 0 Å². The van der Waals surface area contributed by atoms with Crippen LogP contribution in [0.5, 0.6) is 0 Å². The van der Waals surface area contributed by atoms with Crippen molar-refractivity contribution in [1.29, 1.82) is 0 Å². The summed E-state index contributed by atoms with van der Waals surface area (Å²) in [6.07, 6.45) is 5.20. The summed E-state index contributed by atoms with van der Waals surface area (Å²) in [5, 5.41) is 11.7. The van der Waals surface area contributed by atoms with Crippen molar-refractivity contribution in [3.63, 3.8) is 0 Å². The molecule has 1 heterocycles. The molecule has 0 aliphatic heterocycles. The number of nitrogens with one attached hydrogen (secondary N) is 1. The number of hydrogen-bond acceptors (Lipinski definition) is 4. The molecule has 3 rings (SSSR count). The molecule has 1 N–H and O–H groups in total. The van der Waals surface area contributed by atoms with Gasteiger partial charge in [0, 0.05) is 18.7 Å². The first-order valence-corrected chi connectivity index (χ1v) is 7.40. The molecule has 1 aliphatic rings. The average Bonchev–Trinajstić information content (AvgIpc) is 2.88. The van der Waals surface area contributed by atoms with Gasteiger partial charge in [0.25, 0.3) is 0 Å². The Kier molecular flexibility index (Phi) is 3.72. The maximum absolute atomic E-state index is 5.56. The molecule has 0 amide bonds. The number of nitrogens with zero attached hydrogens (tertiary/aromatic N) is 2. The molecule has 2 aromatic rings. The minimum Gasteiger partial charge on any atom is -0.421 e. The van der Waals surface area contributed by atoms with Crippen LogP contribution >= 0.6 is 0 Å². The third-order valence-corrected chi connectivity index (χ3v) is 4.14. The minimum atomic E-state index is 0.536. The number of benzene rings is 1. The van der Waals surface area contributed by atoms with E-state index in [1.165, 1.54) is 25.7 Å². The van der Waals surface area contributed by atoms with E-state index < -0.39 is 0 Å². The van der Waals surface area contributed by atoms with Gasteiger partial charge in [-0.1, -0.05) is 31.9 Å². The highest BCUT2D eigenvalue weighted by atomic mass is 16.4. The highest BCUT2D eigenvalue weighted by Crippen LogP contribution is 2.31. The number of hydrogen-bond donors (Lipinski definition) is 1. The number of aromatic nitrogens is 2. The molecule has 1 saturated carbocycles. The van der Waals surface area contributed by atoms with E-state index in [0.717, 1.165) is 11.3 Å². The van der Waals surface area contributed by atoms with Gasteiger partial charge in [0.15, 0.2) is 0 Å². The summed E-state index contributed by atoms with van der Waals surface area (Å²) in [7, 11) is 0. The first kappa shape index (κ1) is 13.2. The molecule has 20 heavy (non-hydrogen) atoms. The maximum atomic E-state index is 5.56. The van der Waals surface area contributed by atoms with Gasteiger partial charge in [-0.3, -0.25) is 0 Å². The fourth-order valence-corrected chi connectivity index (χ4v) is 2.93. The lowest BCUT2D eigenvalue weighted by atomic mass is 9.85. The summed E-state index contributed by atoms with van der Waals surface area (Å²) >= 11 is 0. The van der Waals surface area contributed by atoms with Gasteiger partial charge in [-0.2, -0.15) is 0 Å². The molecule has 2 unspecified atom stereocenters. The Morgan fingerprint density at radius 2 is 1.95 bits per heavy atom. The number of para-hydroxylation sites is 1. The standard InChI is InChI=1S/C16H21N3O/c1-11-7-3-5-9-14(11)17-15-10-6-4-8-13(15)16-19-18-12(2)20-16/h4,6,8,10-11,14,17H,3,5,7,9H2,1-2H3. The van der Waals surface area contributed by atoms with E-state index in [1.54, 1.807) is 0 Å². The number of rotatable bonds is 3. The van der Waals surface area contributed by atoms with Crippen LogP contribution in [-0.2, 0) is 0 Å². The van der Waals surface area contributed by atoms with Crippen LogP contribution < -0.4 is 5.32 Å². The first-order chi connectivity index (χ1) is 9.74. The smallest absolute Gasteiger partial charge is 0.249 e. The highest BCUT2D eigenvalue weighted by Gasteiger charge is 2.22. The van der Waals surface area contributed by atoms with Crippen molar-refractivity contribution in [2.24, 2.45) is 5.92 Å². The van der Waals surface area contributed by atoms with Crippen LogP contribution in [0.1, 0.15) is 38.5 Å². The highest BCUT2D eigenvalue weighted by molar-refractivity contribution is 5.72. The molecule has 1 aromatic heterocycles. The fourth-order valence-electron chi connectivity index (χ4n) is 2.93. The van der Waals surface area contributed by atoms with Crippen molar-refractivity contribution in [3.8, 4) is 11.5 Å². The van der Waals surface area contributed by atoms with Gasteiger partial charge in [0.2, 0.25) is 11.8 Å². The zero-order valence-electron chi connectivity index (χ0n) is 12.1. The first-order valence-electron chi connectivity index (χ1n) is 7.40. The second kappa shape index (κ2) is 5.65. The lowest BCUT2D eigenvalue weighted by molar-refractivity contribution is 0.349. The number of anilines is 1. The molecular formula is C16H21N3O. The van der Waals surface area contributed by atoms with Gasteiger partial charge < -0.3 is 9.73 Å². The Morgan fingerprint density at radius 3 is 2.70 bits per heavy atom.